The van der Waals surface area contributed by atoms with Crippen molar-refractivity contribution in [1.82, 2.24) is 15.1 Å². The Kier molecular flexibility index (Phi) is 5.19. The van der Waals surface area contributed by atoms with Crippen LogP contribution in [0.25, 0.3) is 5.69 Å². The van der Waals surface area contributed by atoms with E-state index >= 15 is 0 Å². The van der Waals surface area contributed by atoms with Gasteiger partial charge in [-0.2, -0.15) is 5.10 Å². The molecule has 0 atom stereocenters. The highest BCUT2D eigenvalue weighted by Gasteiger charge is 2.14. The van der Waals surface area contributed by atoms with Gasteiger partial charge in [-0.1, -0.05) is 48.0 Å². The van der Waals surface area contributed by atoms with Crippen LogP contribution in [0.4, 0.5) is 0 Å². The number of hydrogen-bond acceptors (Lipinski definition) is 2. The van der Waals surface area contributed by atoms with Gasteiger partial charge in [-0.15, -0.1) is 0 Å². The number of aromatic nitrogens is 2. The number of benzene rings is 2. The summed E-state index contributed by atoms with van der Waals surface area (Å²) < 4.78 is 1.91. The molecule has 1 amide bonds. The van der Waals surface area contributed by atoms with Crippen LogP contribution in [0.15, 0.2) is 54.6 Å². The van der Waals surface area contributed by atoms with Gasteiger partial charge < -0.3 is 5.32 Å². The Morgan fingerprint density at radius 2 is 1.76 bits per heavy atom. The van der Waals surface area contributed by atoms with Gasteiger partial charge in [0.25, 0.3) is 0 Å². The summed E-state index contributed by atoms with van der Waals surface area (Å²) in [5.41, 5.74) is 4.82. The summed E-state index contributed by atoms with van der Waals surface area (Å²) in [7, 11) is 0. The Morgan fingerprint density at radius 1 is 1.08 bits per heavy atom. The van der Waals surface area contributed by atoms with Gasteiger partial charge in [-0.25, -0.2) is 4.68 Å². The summed E-state index contributed by atoms with van der Waals surface area (Å²) in [5, 5.41) is 8.18. The molecule has 1 aromatic heterocycles. The molecule has 0 saturated carbocycles. The monoisotopic (exact) mass is 353 g/mol. The van der Waals surface area contributed by atoms with Gasteiger partial charge in [0.2, 0.25) is 5.91 Å². The SMILES string of the molecule is Cc1nn(-c2ccccc2)c(C)c1CNC(=O)Cc1ccccc1Cl. The molecule has 0 aliphatic rings. The maximum Gasteiger partial charge on any atom is 0.224 e. The van der Waals surface area contributed by atoms with Crippen LogP contribution in [-0.2, 0) is 17.8 Å². The van der Waals surface area contributed by atoms with Crippen molar-refractivity contribution >= 4 is 17.5 Å². The van der Waals surface area contributed by atoms with Crippen LogP contribution in [0.3, 0.4) is 0 Å². The fraction of sp³-hybridized carbons (Fsp3) is 0.200. The van der Waals surface area contributed by atoms with Gasteiger partial charge in [-0.3, -0.25) is 4.79 Å². The molecule has 4 nitrogen and oxygen atoms in total. The molecule has 1 heterocycles. The number of amides is 1. The van der Waals surface area contributed by atoms with Crippen LogP contribution in [0.5, 0.6) is 0 Å². The molecule has 0 unspecified atom stereocenters. The summed E-state index contributed by atoms with van der Waals surface area (Å²) >= 11 is 6.11. The number of carbonyl (C=O) groups excluding carboxylic acids is 1. The molecule has 5 heteroatoms. The van der Waals surface area contributed by atoms with Crippen molar-refractivity contribution in [3.8, 4) is 5.69 Å². The Labute approximate surface area is 152 Å². The number of aryl methyl sites for hydroxylation is 1. The van der Waals surface area contributed by atoms with Crippen LogP contribution in [0.2, 0.25) is 5.02 Å². The van der Waals surface area contributed by atoms with Gasteiger partial charge in [0.05, 0.1) is 17.8 Å². The zero-order valence-electron chi connectivity index (χ0n) is 14.3. The Morgan fingerprint density at radius 3 is 2.48 bits per heavy atom. The van der Waals surface area contributed by atoms with Crippen LogP contribution in [-0.4, -0.2) is 15.7 Å². The molecule has 3 rings (SSSR count). The molecule has 0 fully saturated rings. The first kappa shape index (κ1) is 17.2. The molecule has 0 bridgehead atoms. The van der Waals surface area contributed by atoms with E-state index in [1.54, 1.807) is 6.07 Å². The van der Waals surface area contributed by atoms with E-state index in [9.17, 15) is 4.79 Å². The Hall–Kier alpha value is -2.59. The average Bonchev–Trinajstić information content (AvgIpc) is 2.90. The van der Waals surface area contributed by atoms with Crippen molar-refractivity contribution in [2.45, 2.75) is 26.8 Å². The third-order valence-electron chi connectivity index (χ3n) is 4.21. The van der Waals surface area contributed by atoms with Crippen molar-refractivity contribution < 1.29 is 4.79 Å². The molecule has 1 N–H and O–H groups in total. The van der Waals surface area contributed by atoms with E-state index < -0.39 is 0 Å². The summed E-state index contributed by atoms with van der Waals surface area (Å²) in [4.78, 5) is 12.2. The van der Waals surface area contributed by atoms with Gasteiger partial charge in [-0.05, 0) is 37.6 Å². The summed E-state index contributed by atoms with van der Waals surface area (Å²) in [6.07, 6.45) is 0.268. The first-order valence-corrected chi connectivity index (χ1v) is 8.54. The lowest BCUT2D eigenvalue weighted by Crippen LogP contribution is -2.25. The zero-order valence-corrected chi connectivity index (χ0v) is 15.0. The molecule has 2 aromatic carbocycles. The molecular formula is C20H20ClN3O. The molecule has 0 spiro atoms. The van der Waals surface area contributed by atoms with Crippen LogP contribution < -0.4 is 5.32 Å². The first-order valence-electron chi connectivity index (χ1n) is 8.17. The Balaban J connectivity index is 1.70. The lowest BCUT2D eigenvalue weighted by Gasteiger charge is -2.08. The van der Waals surface area contributed by atoms with Gasteiger partial charge >= 0.3 is 0 Å². The fourth-order valence-electron chi connectivity index (χ4n) is 2.82. The van der Waals surface area contributed by atoms with Crippen molar-refractivity contribution in [3.05, 3.63) is 82.1 Å². The van der Waals surface area contributed by atoms with E-state index in [4.69, 9.17) is 11.6 Å². The van der Waals surface area contributed by atoms with Crippen molar-refractivity contribution in [2.75, 3.05) is 0 Å². The second kappa shape index (κ2) is 7.53. The minimum absolute atomic E-state index is 0.0561. The molecular weight excluding hydrogens is 334 g/mol. The molecule has 25 heavy (non-hydrogen) atoms. The van der Waals surface area contributed by atoms with Crippen LogP contribution in [0, 0.1) is 13.8 Å². The number of nitrogens with one attached hydrogen (secondary N) is 1. The minimum atomic E-state index is -0.0561. The smallest absolute Gasteiger partial charge is 0.224 e. The lowest BCUT2D eigenvalue weighted by molar-refractivity contribution is -0.120. The second-order valence-electron chi connectivity index (χ2n) is 5.94. The van der Waals surface area contributed by atoms with Crippen LogP contribution >= 0.6 is 11.6 Å². The normalized spacial score (nSPS) is 10.7. The standard InChI is InChI=1S/C20H20ClN3O/c1-14-18(15(2)24(23-14)17-9-4-3-5-10-17)13-22-20(25)12-16-8-6-7-11-19(16)21/h3-11H,12-13H2,1-2H3,(H,22,25). The highest BCUT2D eigenvalue weighted by atomic mass is 35.5. The van der Waals surface area contributed by atoms with E-state index in [-0.39, 0.29) is 12.3 Å². The Bertz CT molecular complexity index is 887. The number of halogens is 1. The topological polar surface area (TPSA) is 46.9 Å². The minimum Gasteiger partial charge on any atom is -0.352 e. The highest BCUT2D eigenvalue weighted by Crippen LogP contribution is 2.18. The van der Waals surface area contributed by atoms with E-state index in [1.165, 1.54) is 0 Å². The van der Waals surface area contributed by atoms with E-state index in [2.05, 4.69) is 10.4 Å². The molecule has 0 aliphatic heterocycles. The summed E-state index contributed by atoms with van der Waals surface area (Å²) in [6, 6.07) is 17.4. The fourth-order valence-corrected chi connectivity index (χ4v) is 3.02. The maximum atomic E-state index is 12.2. The van der Waals surface area contributed by atoms with E-state index in [1.807, 2.05) is 67.1 Å². The molecule has 3 aromatic rings. The van der Waals surface area contributed by atoms with Crippen molar-refractivity contribution in [2.24, 2.45) is 0 Å². The van der Waals surface area contributed by atoms with E-state index in [0.717, 1.165) is 28.2 Å². The second-order valence-corrected chi connectivity index (χ2v) is 6.35. The molecule has 128 valence electrons. The summed E-state index contributed by atoms with van der Waals surface area (Å²) in [5.74, 6) is -0.0561. The third kappa shape index (κ3) is 3.91. The highest BCUT2D eigenvalue weighted by molar-refractivity contribution is 6.31. The molecule has 0 radical (unpaired) electrons. The largest absolute Gasteiger partial charge is 0.352 e. The quantitative estimate of drug-likeness (QED) is 0.753. The van der Waals surface area contributed by atoms with Gasteiger partial charge in [0.1, 0.15) is 0 Å². The number of para-hydroxylation sites is 1. The van der Waals surface area contributed by atoms with Crippen LogP contribution in [0.1, 0.15) is 22.5 Å². The molecule has 0 saturated heterocycles. The number of rotatable bonds is 5. The van der Waals surface area contributed by atoms with Crippen molar-refractivity contribution in [3.63, 3.8) is 0 Å². The third-order valence-corrected chi connectivity index (χ3v) is 4.58. The molecule has 0 aliphatic carbocycles. The average molecular weight is 354 g/mol. The number of hydrogen-bond donors (Lipinski definition) is 1. The predicted octanol–water partition coefficient (Wildman–Crippen LogP) is 4.00. The lowest BCUT2D eigenvalue weighted by atomic mass is 10.1. The van der Waals surface area contributed by atoms with Gasteiger partial charge in [0.15, 0.2) is 0 Å². The first-order chi connectivity index (χ1) is 12.1. The maximum absolute atomic E-state index is 12.2. The predicted molar refractivity (Wildman–Crippen MR) is 100 cm³/mol. The number of nitrogens with zero attached hydrogens (tertiary/aromatic N) is 2. The summed E-state index contributed by atoms with van der Waals surface area (Å²) in [6.45, 7) is 4.43. The zero-order chi connectivity index (χ0) is 17.8. The number of carbonyl (C=O) groups is 1. The van der Waals surface area contributed by atoms with Gasteiger partial charge in [0, 0.05) is 22.8 Å². The van der Waals surface area contributed by atoms with E-state index in [0.29, 0.717) is 11.6 Å². The van der Waals surface area contributed by atoms with Crippen molar-refractivity contribution in [1.29, 1.82) is 0 Å².